The predicted molar refractivity (Wildman–Crippen MR) is 69.9 cm³/mol. The minimum absolute atomic E-state index is 0.0296. The molecular weight excluding hydrogens is 358 g/mol. The largest absolute Gasteiger partial charge is 0.507 e. The highest BCUT2D eigenvalue weighted by Gasteiger charge is 2.66. The number of piperidine rings is 1. The Balaban J connectivity index is 1.97. The minimum Gasteiger partial charge on any atom is -0.421 e. The van der Waals surface area contributed by atoms with Crippen molar-refractivity contribution in [3.63, 3.8) is 0 Å². The third-order valence-corrected chi connectivity index (χ3v) is 4.25. The summed E-state index contributed by atoms with van der Waals surface area (Å²) in [6, 6.07) is 2.54. The standard InChI is InChI=1S/C13H12BrF4NO2/c14-8-6-11-10(20-12(15,16)13(17,18)21-11)5-7(8)9-3-1-2-4-19-9/h5-6,9,19H,1-4H2. The lowest BCUT2D eigenvalue weighted by molar-refractivity contribution is -0.391. The second-order valence-corrected chi connectivity index (χ2v) is 5.91. The van der Waals surface area contributed by atoms with Crippen molar-refractivity contribution in [1.29, 1.82) is 0 Å². The lowest BCUT2D eigenvalue weighted by atomic mass is 9.97. The van der Waals surface area contributed by atoms with Gasteiger partial charge in [0.2, 0.25) is 0 Å². The van der Waals surface area contributed by atoms with Gasteiger partial charge in [0.25, 0.3) is 0 Å². The first-order chi connectivity index (χ1) is 9.80. The molecule has 0 bridgehead atoms. The third-order valence-electron chi connectivity index (χ3n) is 3.56. The zero-order valence-corrected chi connectivity index (χ0v) is 12.4. The fourth-order valence-electron chi connectivity index (χ4n) is 2.49. The van der Waals surface area contributed by atoms with Gasteiger partial charge in [0.1, 0.15) is 0 Å². The number of rotatable bonds is 1. The number of hydrogen-bond donors (Lipinski definition) is 1. The van der Waals surface area contributed by atoms with Crippen molar-refractivity contribution in [1.82, 2.24) is 5.32 Å². The van der Waals surface area contributed by atoms with Crippen molar-refractivity contribution in [3.05, 3.63) is 22.2 Å². The third kappa shape index (κ3) is 2.59. The maximum atomic E-state index is 13.2. The number of benzene rings is 1. The molecule has 1 fully saturated rings. The van der Waals surface area contributed by atoms with Crippen LogP contribution in [0.4, 0.5) is 17.6 Å². The van der Waals surface area contributed by atoms with E-state index in [0.717, 1.165) is 25.8 Å². The molecule has 2 heterocycles. The van der Waals surface area contributed by atoms with Crippen LogP contribution in [0.25, 0.3) is 0 Å². The normalized spacial score (nSPS) is 26.4. The van der Waals surface area contributed by atoms with Crippen molar-refractivity contribution in [2.75, 3.05) is 6.54 Å². The van der Waals surface area contributed by atoms with Gasteiger partial charge in [0.15, 0.2) is 11.5 Å². The molecule has 1 aromatic rings. The Morgan fingerprint density at radius 2 is 1.67 bits per heavy atom. The van der Waals surface area contributed by atoms with Gasteiger partial charge in [-0.15, -0.1) is 0 Å². The lowest BCUT2D eigenvalue weighted by Crippen LogP contribution is -2.52. The van der Waals surface area contributed by atoms with Crippen molar-refractivity contribution < 1.29 is 27.0 Å². The molecule has 0 aliphatic carbocycles. The van der Waals surface area contributed by atoms with E-state index in [2.05, 4.69) is 30.7 Å². The molecular formula is C13H12BrF4NO2. The molecule has 1 unspecified atom stereocenters. The zero-order valence-electron chi connectivity index (χ0n) is 10.8. The molecule has 0 aromatic heterocycles. The fourth-order valence-corrected chi connectivity index (χ4v) is 3.09. The summed E-state index contributed by atoms with van der Waals surface area (Å²) in [6.45, 7) is 0.819. The Morgan fingerprint density at radius 3 is 2.24 bits per heavy atom. The van der Waals surface area contributed by atoms with Gasteiger partial charge in [-0.25, -0.2) is 0 Å². The lowest BCUT2D eigenvalue weighted by Gasteiger charge is -2.33. The van der Waals surface area contributed by atoms with Gasteiger partial charge in [-0.2, -0.15) is 17.6 Å². The summed E-state index contributed by atoms with van der Waals surface area (Å²) in [5.41, 5.74) is 0.693. The molecule has 3 nitrogen and oxygen atoms in total. The van der Waals surface area contributed by atoms with Crippen LogP contribution < -0.4 is 14.8 Å². The fraction of sp³-hybridized carbons (Fsp3) is 0.538. The van der Waals surface area contributed by atoms with Crippen LogP contribution in [0.1, 0.15) is 30.9 Å². The quantitative estimate of drug-likeness (QED) is 0.751. The van der Waals surface area contributed by atoms with E-state index in [-0.39, 0.29) is 11.8 Å². The van der Waals surface area contributed by atoms with Crippen LogP contribution in [0.2, 0.25) is 0 Å². The Labute approximate surface area is 126 Å². The second-order valence-electron chi connectivity index (χ2n) is 5.06. The Bertz CT molecular complexity index is 561. The Kier molecular flexibility index (Phi) is 3.56. The summed E-state index contributed by atoms with van der Waals surface area (Å²) in [5, 5.41) is 3.26. The second kappa shape index (κ2) is 5.01. The highest BCUT2D eigenvalue weighted by molar-refractivity contribution is 9.10. The first-order valence-electron chi connectivity index (χ1n) is 6.51. The molecule has 0 radical (unpaired) electrons. The molecule has 0 saturated carbocycles. The van der Waals surface area contributed by atoms with E-state index in [0.29, 0.717) is 10.0 Å². The number of ether oxygens (including phenoxy) is 2. The van der Waals surface area contributed by atoms with E-state index in [1.807, 2.05) is 0 Å². The number of fused-ring (bicyclic) bond motifs is 1. The average Bonchev–Trinajstić information content (AvgIpc) is 2.41. The van der Waals surface area contributed by atoms with Crippen molar-refractivity contribution >= 4 is 15.9 Å². The first kappa shape index (κ1) is 14.9. The van der Waals surface area contributed by atoms with Gasteiger partial charge in [-0.1, -0.05) is 22.4 Å². The summed E-state index contributed by atoms with van der Waals surface area (Å²) in [7, 11) is 0. The zero-order chi connectivity index (χ0) is 15.3. The molecule has 1 N–H and O–H groups in total. The van der Waals surface area contributed by atoms with E-state index in [1.54, 1.807) is 0 Å². The summed E-state index contributed by atoms with van der Waals surface area (Å²) in [5.74, 6) is -0.783. The van der Waals surface area contributed by atoms with E-state index in [1.165, 1.54) is 12.1 Å². The van der Waals surface area contributed by atoms with Crippen LogP contribution in [0.3, 0.4) is 0 Å². The number of nitrogens with one attached hydrogen (secondary N) is 1. The molecule has 2 aliphatic rings. The van der Waals surface area contributed by atoms with E-state index in [4.69, 9.17) is 0 Å². The summed E-state index contributed by atoms with van der Waals surface area (Å²) in [4.78, 5) is 0. The molecule has 21 heavy (non-hydrogen) atoms. The summed E-state index contributed by atoms with van der Waals surface area (Å²) in [6.07, 6.45) is -6.49. The number of halogens is 5. The minimum atomic E-state index is -4.69. The van der Waals surface area contributed by atoms with Crippen molar-refractivity contribution in [2.24, 2.45) is 0 Å². The highest BCUT2D eigenvalue weighted by Crippen LogP contribution is 2.49. The maximum Gasteiger partial charge on any atom is 0.507 e. The summed E-state index contributed by atoms with van der Waals surface area (Å²) >= 11 is 3.27. The first-order valence-corrected chi connectivity index (χ1v) is 7.30. The number of alkyl halides is 4. The SMILES string of the molecule is FC1(F)Oc2cc(Br)c(C3CCCCN3)cc2OC1(F)F. The molecule has 2 aliphatic heterocycles. The smallest absolute Gasteiger partial charge is 0.421 e. The molecule has 8 heteroatoms. The predicted octanol–water partition coefficient (Wildman–Crippen LogP) is 4.22. The van der Waals surface area contributed by atoms with Crippen LogP contribution in [-0.2, 0) is 0 Å². The van der Waals surface area contributed by atoms with Crippen LogP contribution in [-0.4, -0.2) is 18.8 Å². The van der Waals surface area contributed by atoms with E-state index >= 15 is 0 Å². The van der Waals surface area contributed by atoms with Crippen LogP contribution >= 0.6 is 15.9 Å². The molecule has 0 spiro atoms. The summed E-state index contributed by atoms with van der Waals surface area (Å²) < 4.78 is 61.4. The molecule has 0 amide bonds. The van der Waals surface area contributed by atoms with Crippen LogP contribution in [0.15, 0.2) is 16.6 Å². The molecule has 1 saturated heterocycles. The van der Waals surface area contributed by atoms with E-state index < -0.39 is 18.0 Å². The highest BCUT2D eigenvalue weighted by atomic mass is 79.9. The van der Waals surface area contributed by atoms with Gasteiger partial charge in [-0.05, 0) is 37.1 Å². The number of hydrogen-bond acceptors (Lipinski definition) is 3. The van der Waals surface area contributed by atoms with Crippen molar-refractivity contribution in [2.45, 2.75) is 37.5 Å². The van der Waals surface area contributed by atoms with Crippen LogP contribution in [0.5, 0.6) is 11.5 Å². The van der Waals surface area contributed by atoms with E-state index in [9.17, 15) is 17.6 Å². The van der Waals surface area contributed by atoms with Crippen molar-refractivity contribution in [3.8, 4) is 11.5 Å². The molecule has 116 valence electrons. The molecule has 1 atom stereocenters. The van der Waals surface area contributed by atoms with Gasteiger partial charge in [-0.3, -0.25) is 0 Å². The Morgan fingerprint density at radius 1 is 1.05 bits per heavy atom. The Hall–Kier alpha value is -1.02. The molecule has 3 rings (SSSR count). The molecule has 1 aromatic carbocycles. The van der Waals surface area contributed by atoms with Gasteiger partial charge < -0.3 is 14.8 Å². The van der Waals surface area contributed by atoms with Gasteiger partial charge in [0, 0.05) is 10.5 Å². The van der Waals surface area contributed by atoms with Gasteiger partial charge >= 0.3 is 12.2 Å². The maximum absolute atomic E-state index is 13.2. The van der Waals surface area contributed by atoms with Gasteiger partial charge in [0.05, 0.1) is 0 Å². The monoisotopic (exact) mass is 369 g/mol. The van der Waals surface area contributed by atoms with Crippen LogP contribution in [0, 0.1) is 0 Å². The topological polar surface area (TPSA) is 30.5 Å². The average molecular weight is 370 g/mol.